The van der Waals surface area contributed by atoms with Crippen LogP contribution in [-0.2, 0) is 9.47 Å². The number of carbonyl (C=O) groups excluding carboxylic acids is 1. The van der Waals surface area contributed by atoms with Crippen molar-refractivity contribution in [1.29, 1.82) is 0 Å². The third-order valence-corrected chi connectivity index (χ3v) is 1.57. The number of amides is 2. The number of carbonyl (C=O) groups is 1. The Bertz CT molecular complexity index is 148. The van der Waals surface area contributed by atoms with E-state index in [1.807, 2.05) is 13.8 Å². The van der Waals surface area contributed by atoms with Crippen LogP contribution in [0.5, 0.6) is 0 Å². The topological polar surface area (TPSA) is 59.6 Å². The van der Waals surface area contributed by atoms with E-state index in [9.17, 15) is 4.79 Å². The van der Waals surface area contributed by atoms with Gasteiger partial charge in [0.15, 0.2) is 6.29 Å². The Balaban J connectivity index is 3.82. The zero-order valence-electron chi connectivity index (χ0n) is 8.59. The summed E-state index contributed by atoms with van der Waals surface area (Å²) in [5, 5.41) is 5.30. The fourth-order valence-electron chi connectivity index (χ4n) is 0.991. The fraction of sp³-hybridized carbons (Fsp3) is 0.875. The lowest BCUT2D eigenvalue weighted by atomic mass is 10.3. The Hall–Kier alpha value is -0.810. The summed E-state index contributed by atoms with van der Waals surface area (Å²) >= 11 is 0. The van der Waals surface area contributed by atoms with Gasteiger partial charge in [-0.15, -0.1) is 0 Å². The van der Waals surface area contributed by atoms with Gasteiger partial charge in [0.1, 0.15) is 0 Å². The molecule has 0 aromatic heterocycles. The minimum absolute atomic E-state index is 0.179. The molecule has 0 bridgehead atoms. The largest absolute Gasteiger partial charge is 0.354 e. The molecule has 0 rings (SSSR count). The van der Waals surface area contributed by atoms with Crippen LogP contribution in [0, 0.1) is 0 Å². The van der Waals surface area contributed by atoms with Crippen LogP contribution in [0.1, 0.15) is 13.8 Å². The molecule has 5 heteroatoms. The molecule has 1 unspecified atom stereocenters. The molecule has 0 fully saturated rings. The second-order valence-corrected chi connectivity index (χ2v) is 2.63. The first kappa shape index (κ1) is 12.2. The first-order chi connectivity index (χ1) is 6.15. The molecule has 0 heterocycles. The first-order valence-corrected chi connectivity index (χ1v) is 4.25. The highest BCUT2D eigenvalue weighted by molar-refractivity contribution is 5.74. The van der Waals surface area contributed by atoms with E-state index in [4.69, 9.17) is 9.47 Å². The van der Waals surface area contributed by atoms with Crippen molar-refractivity contribution in [1.82, 2.24) is 10.6 Å². The highest BCUT2D eigenvalue weighted by Crippen LogP contribution is 1.97. The molecule has 13 heavy (non-hydrogen) atoms. The van der Waals surface area contributed by atoms with Gasteiger partial charge >= 0.3 is 6.03 Å². The molecule has 0 saturated heterocycles. The lowest BCUT2D eigenvalue weighted by Gasteiger charge is -2.21. The Kier molecular flexibility index (Phi) is 6.26. The van der Waals surface area contributed by atoms with Crippen LogP contribution in [-0.4, -0.2) is 39.1 Å². The summed E-state index contributed by atoms with van der Waals surface area (Å²) in [5.41, 5.74) is 0. The maximum Gasteiger partial charge on any atom is 0.315 e. The molecular formula is C8H18N2O3. The van der Waals surface area contributed by atoms with E-state index in [1.165, 1.54) is 14.2 Å². The Morgan fingerprint density at radius 3 is 2.31 bits per heavy atom. The maximum atomic E-state index is 11.1. The number of hydrogen-bond acceptors (Lipinski definition) is 3. The van der Waals surface area contributed by atoms with E-state index in [0.717, 1.165) is 0 Å². The summed E-state index contributed by atoms with van der Waals surface area (Å²) in [4.78, 5) is 11.1. The smallest absolute Gasteiger partial charge is 0.315 e. The van der Waals surface area contributed by atoms with Crippen molar-refractivity contribution in [3.05, 3.63) is 0 Å². The number of ether oxygens (including phenoxy) is 2. The lowest BCUT2D eigenvalue weighted by molar-refractivity contribution is -0.117. The van der Waals surface area contributed by atoms with Gasteiger partial charge in [-0.25, -0.2) is 4.79 Å². The third kappa shape index (κ3) is 4.69. The van der Waals surface area contributed by atoms with Gasteiger partial charge in [0, 0.05) is 20.8 Å². The van der Waals surface area contributed by atoms with Crippen LogP contribution in [0.3, 0.4) is 0 Å². The molecule has 0 spiro atoms. The van der Waals surface area contributed by atoms with Crippen LogP contribution in [0.25, 0.3) is 0 Å². The van der Waals surface area contributed by atoms with Crippen molar-refractivity contribution in [3.8, 4) is 0 Å². The van der Waals surface area contributed by atoms with Gasteiger partial charge in [0.2, 0.25) is 0 Å². The molecule has 2 N–H and O–H groups in total. The first-order valence-electron chi connectivity index (χ1n) is 4.25. The number of rotatable bonds is 5. The number of urea groups is 1. The third-order valence-electron chi connectivity index (χ3n) is 1.57. The Morgan fingerprint density at radius 1 is 1.38 bits per heavy atom. The molecule has 0 aliphatic rings. The average molecular weight is 190 g/mol. The van der Waals surface area contributed by atoms with E-state index >= 15 is 0 Å². The average Bonchev–Trinajstić information content (AvgIpc) is 2.06. The van der Waals surface area contributed by atoms with Gasteiger partial charge < -0.3 is 20.1 Å². The van der Waals surface area contributed by atoms with Crippen LogP contribution < -0.4 is 10.6 Å². The molecule has 0 aromatic carbocycles. The van der Waals surface area contributed by atoms with Crippen LogP contribution >= 0.6 is 0 Å². The van der Waals surface area contributed by atoms with Crippen molar-refractivity contribution in [2.45, 2.75) is 26.2 Å². The molecule has 0 saturated carbocycles. The zero-order valence-corrected chi connectivity index (χ0v) is 8.59. The summed E-state index contributed by atoms with van der Waals surface area (Å²) in [6.07, 6.45) is -0.414. The predicted octanol–water partition coefficient (Wildman–Crippen LogP) is 0.313. The normalized spacial score (nSPS) is 12.7. The van der Waals surface area contributed by atoms with Crippen molar-refractivity contribution in [2.75, 3.05) is 20.8 Å². The van der Waals surface area contributed by atoms with Crippen LogP contribution in [0.15, 0.2) is 0 Å². The minimum Gasteiger partial charge on any atom is -0.354 e. The van der Waals surface area contributed by atoms with Gasteiger partial charge in [-0.3, -0.25) is 0 Å². The fourth-order valence-corrected chi connectivity index (χ4v) is 0.991. The van der Waals surface area contributed by atoms with Gasteiger partial charge in [-0.1, -0.05) is 0 Å². The molecule has 2 amide bonds. The monoisotopic (exact) mass is 190 g/mol. The maximum absolute atomic E-state index is 11.1. The van der Waals surface area contributed by atoms with Gasteiger partial charge in [0.05, 0.1) is 6.04 Å². The van der Waals surface area contributed by atoms with E-state index in [1.54, 1.807) is 0 Å². The van der Waals surface area contributed by atoms with Gasteiger partial charge in [-0.05, 0) is 13.8 Å². The lowest BCUT2D eigenvalue weighted by Crippen LogP contribution is -2.47. The van der Waals surface area contributed by atoms with E-state index in [-0.39, 0.29) is 12.1 Å². The van der Waals surface area contributed by atoms with Crippen LogP contribution in [0.2, 0.25) is 0 Å². The van der Waals surface area contributed by atoms with Gasteiger partial charge in [-0.2, -0.15) is 0 Å². The molecule has 1 atom stereocenters. The summed E-state index contributed by atoms with van der Waals surface area (Å²) in [5.74, 6) is 0. The summed E-state index contributed by atoms with van der Waals surface area (Å²) in [7, 11) is 3.06. The number of nitrogens with one attached hydrogen (secondary N) is 2. The predicted molar refractivity (Wildman–Crippen MR) is 49.5 cm³/mol. The summed E-state index contributed by atoms with van der Waals surface area (Å²) in [6.45, 7) is 4.27. The molecule has 5 nitrogen and oxygen atoms in total. The highest BCUT2D eigenvalue weighted by Gasteiger charge is 2.17. The van der Waals surface area contributed by atoms with Crippen molar-refractivity contribution >= 4 is 6.03 Å². The SMILES string of the molecule is CCNC(=O)NC(C)C(OC)OC. The highest BCUT2D eigenvalue weighted by atomic mass is 16.7. The Morgan fingerprint density at radius 2 is 1.92 bits per heavy atom. The van der Waals surface area contributed by atoms with Crippen molar-refractivity contribution < 1.29 is 14.3 Å². The van der Waals surface area contributed by atoms with Crippen LogP contribution in [0.4, 0.5) is 4.79 Å². The van der Waals surface area contributed by atoms with Crippen molar-refractivity contribution in [2.24, 2.45) is 0 Å². The number of methoxy groups -OCH3 is 2. The van der Waals surface area contributed by atoms with Crippen molar-refractivity contribution in [3.63, 3.8) is 0 Å². The summed E-state index contributed by atoms with van der Waals surface area (Å²) < 4.78 is 9.95. The number of hydrogen-bond donors (Lipinski definition) is 2. The standard InChI is InChI=1S/C8H18N2O3/c1-5-9-8(11)10-6(2)7(12-3)13-4/h6-7H,5H2,1-4H3,(H2,9,10,11). The molecule has 0 aromatic rings. The molecule has 0 aliphatic heterocycles. The minimum atomic E-state index is -0.414. The van der Waals surface area contributed by atoms with E-state index < -0.39 is 6.29 Å². The summed E-state index contributed by atoms with van der Waals surface area (Å²) in [6, 6.07) is -0.393. The molecule has 78 valence electrons. The molecular weight excluding hydrogens is 172 g/mol. The molecule has 0 radical (unpaired) electrons. The Labute approximate surface area is 78.8 Å². The second-order valence-electron chi connectivity index (χ2n) is 2.63. The van der Waals surface area contributed by atoms with E-state index in [2.05, 4.69) is 10.6 Å². The molecule has 0 aliphatic carbocycles. The zero-order chi connectivity index (χ0) is 10.3. The quantitative estimate of drug-likeness (QED) is 0.613. The second kappa shape index (κ2) is 6.68. The van der Waals surface area contributed by atoms with E-state index in [0.29, 0.717) is 6.54 Å². The van der Waals surface area contributed by atoms with Gasteiger partial charge in [0.25, 0.3) is 0 Å².